The molecule has 4 heteroatoms. The third-order valence-corrected chi connectivity index (χ3v) is 4.29. The lowest BCUT2D eigenvalue weighted by molar-refractivity contribution is -0.139. The van der Waals surface area contributed by atoms with Gasteiger partial charge in [0.25, 0.3) is 0 Å². The Hall–Kier alpha value is -1.13. The molecule has 1 rings (SSSR count). The van der Waals surface area contributed by atoms with Crippen LogP contribution in [0.1, 0.15) is 32.8 Å². The fourth-order valence-corrected chi connectivity index (χ4v) is 2.72. The molecule has 0 fully saturated rings. The van der Waals surface area contributed by atoms with Crippen LogP contribution in [0.25, 0.3) is 0 Å². The average Bonchev–Trinajstić information content (AvgIpc) is 2.48. The molecule has 0 saturated heterocycles. The Balaban J connectivity index is 2.61. The van der Waals surface area contributed by atoms with E-state index < -0.39 is 0 Å². The van der Waals surface area contributed by atoms with Gasteiger partial charge in [-0.2, -0.15) is 0 Å². The molecular formula is C18H25BrO3. The van der Waals surface area contributed by atoms with Crippen molar-refractivity contribution in [2.45, 2.75) is 39.9 Å². The van der Waals surface area contributed by atoms with Gasteiger partial charge in [0.05, 0.1) is 26.2 Å². The normalized spacial score (nSPS) is 14.3. The summed E-state index contributed by atoms with van der Waals surface area (Å²) in [4.78, 5) is 11.1. The Labute approximate surface area is 141 Å². The molecule has 0 heterocycles. The Morgan fingerprint density at radius 3 is 2.55 bits per heavy atom. The van der Waals surface area contributed by atoms with Gasteiger partial charge in [0.2, 0.25) is 0 Å². The van der Waals surface area contributed by atoms with E-state index in [2.05, 4.69) is 47.5 Å². The Morgan fingerprint density at radius 1 is 1.27 bits per heavy atom. The van der Waals surface area contributed by atoms with Gasteiger partial charge in [-0.15, -0.1) is 0 Å². The highest BCUT2D eigenvalue weighted by Gasteiger charge is 2.20. The highest BCUT2D eigenvalue weighted by atomic mass is 79.9. The summed E-state index contributed by atoms with van der Waals surface area (Å²) in [7, 11) is 1.40. The number of carbonyl (C=O) groups excluding carboxylic acids is 1. The van der Waals surface area contributed by atoms with E-state index in [0.717, 1.165) is 10.0 Å². The van der Waals surface area contributed by atoms with Crippen LogP contribution in [0, 0.1) is 11.8 Å². The van der Waals surface area contributed by atoms with E-state index in [4.69, 9.17) is 4.74 Å². The lowest BCUT2D eigenvalue weighted by atomic mass is 9.94. The lowest BCUT2D eigenvalue weighted by Gasteiger charge is -2.26. The zero-order chi connectivity index (χ0) is 16.5. The van der Waals surface area contributed by atoms with Crippen molar-refractivity contribution in [3.05, 3.63) is 46.5 Å². The number of hydrogen-bond donors (Lipinski definition) is 0. The molecule has 2 atom stereocenters. The first-order chi connectivity index (χ1) is 10.5. The predicted molar refractivity (Wildman–Crippen MR) is 92.5 cm³/mol. The largest absolute Gasteiger partial charge is 0.469 e. The highest BCUT2D eigenvalue weighted by molar-refractivity contribution is 9.10. The molecule has 0 saturated carbocycles. The van der Waals surface area contributed by atoms with Gasteiger partial charge in [0.1, 0.15) is 0 Å². The summed E-state index contributed by atoms with van der Waals surface area (Å²) in [5.41, 5.74) is 1.14. The number of methoxy groups -OCH3 is 1. The van der Waals surface area contributed by atoms with Crippen molar-refractivity contribution in [1.82, 2.24) is 0 Å². The summed E-state index contributed by atoms with van der Waals surface area (Å²) in [5, 5.41) is 0. The van der Waals surface area contributed by atoms with E-state index in [1.165, 1.54) is 7.11 Å². The van der Waals surface area contributed by atoms with Crippen LogP contribution in [0.2, 0.25) is 0 Å². The Morgan fingerprint density at radius 2 is 1.95 bits per heavy atom. The smallest absolute Gasteiger partial charge is 0.309 e. The molecule has 0 bridgehead atoms. The Kier molecular flexibility index (Phi) is 8.43. The first kappa shape index (κ1) is 18.9. The molecule has 0 amide bonds. The first-order valence-corrected chi connectivity index (χ1v) is 8.33. The van der Waals surface area contributed by atoms with E-state index in [1.54, 1.807) is 0 Å². The van der Waals surface area contributed by atoms with Crippen LogP contribution in [-0.2, 0) is 20.9 Å². The third-order valence-electron chi connectivity index (χ3n) is 3.52. The molecule has 0 unspecified atom stereocenters. The maximum Gasteiger partial charge on any atom is 0.309 e. The number of esters is 1. The van der Waals surface area contributed by atoms with Crippen molar-refractivity contribution in [1.29, 1.82) is 0 Å². The zero-order valence-electron chi connectivity index (χ0n) is 13.7. The van der Waals surface area contributed by atoms with Gasteiger partial charge < -0.3 is 9.47 Å². The number of rotatable bonds is 8. The van der Waals surface area contributed by atoms with Gasteiger partial charge in [-0.1, -0.05) is 67.1 Å². The third kappa shape index (κ3) is 6.32. The van der Waals surface area contributed by atoms with Crippen LogP contribution in [-0.4, -0.2) is 19.2 Å². The van der Waals surface area contributed by atoms with Crippen molar-refractivity contribution < 1.29 is 14.3 Å². The summed E-state index contributed by atoms with van der Waals surface area (Å²) in [5.74, 6) is 0.395. The van der Waals surface area contributed by atoms with E-state index in [9.17, 15) is 4.79 Å². The van der Waals surface area contributed by atoms with Crippen molar-refractivity contribution in [2.75, 3.05) is 7.11 Å². The second kappa shape index (κ2) is 9.80. The van der Waals surface area contributed by atoms with Crippen LogP contribution in [0.15, 0.2) is 40.9 Å². The molecule has 22 heavy (non-hydrogen) atoms. The molecule has 0 aliphatic rings. The SMILES string of the molecule is COC(=O)CC=C[C@H](C)[C@@H](OCc1ccccc1Br)C(C)C. The average molecular weight is 369 g/mol. The van der Waals surface area contributed by atoms with Crippen LogP contribution < -0.4 is 0 Å². The summed E-state index contributed by atoms with van der Waals surface area (Å²) >= 11 is 3.54. The summed E-state index contributed by atoms with van der Waals surface area (Å²) in [6.45, 7) is 6.97. The minimum Gasteiger partial charge on any atom is -0.469 e. The second-order valence-electron chi connectivity index (χ2n) is 5.68. The van der Waals surface area contributed by atoms with Crippen LogP contribution >= 0.6 is 15.9 Å². The molecule has 3 nitrogen and oxygen atoms in total. The monoisotopic (exact) mass is 368 g/mol. The molecule has 0 N–H and O–H groups in total. The summed E-state index contributed by atoms with van der Waals surface area (Å²) in [6, 6.07) is 8.07. The maximum absolute atomic E-state index is 11.1. The minimum atomic E-state index is -0.223. The molecule has 0 radical (unpaired) electrons. The quantitative estimate of drug-likeness (QED) is 0.490. The van der Waals surface area contributed by atoms with Gasteiger partial charge in [-0.3, -0.25) is 4.79 Å². The molecule has 0 aliphatic carbocycles. The van der Waals surface area contributed by atoms with E-state index in [-0.39, 0.29) is 18.0 Å². The highest BCUT2D eigenvalue weighted by Crippen LogP contribution is 2.23. The van der Waals surface area contributed by atoms with Crippen LogP contribution in [0.5, 0.6) is 0 Å². The first-order valence-electron chi connectivity index (χ1n) is 7.54. The van der Waals surface area contributed by atoms with Crippen molar-refractivity contribution in [3.63, 3.8) is 0 Å². The van der Waals surface area contributed by atoms with Gasteiger partial charge in [0, 0.05) is 10.4 Å². The Bertz CT molecular complexity index is 497. The summed E-state index contributed by atoms with van der Waals surface area (Å²) in [6.07, 6.45) is 4.28. The molecule has 122 valence electrons. The van der Waals surface area contributed by atoms with Gasteiger partial charge in [-0.05, 0) is 17.5 Å². The van der Waals surface area contributed by atoms with Gasteiger partial charge >= 0.3 is 5.97 Å². The number of halogens is 1. The van der Waals surface area contributed by atoms with Crippen LogP contribution in [0.4, 0.5) is 0 Å². The number of ether oxygens (including phenoxy) is 2. The van der Waals surface area contributed by atoms with Crippen molar-refractivity contribution >= 4 is 21.9 Å². The predicted octanol–water partition coefficient (Wildman–Crippen LogP) is 4.75. The van der Waals surface area contributed by atoms with Crippen molar-refractivity contribution in [3.8, 4) is 0 Å². The molecule has 1 aromatic rings. The van der Waals surface area contributed by atoms with E-state index in [1.807, 2.05) is 30.4 Å². The van der Waals surface area contributed by atoms with Gasteiger partial charge in [-0.25, -0.2) is 0 Å². The zero-order valence-corrected chi connectivity index (χ0v) is 15.3. The second-order valence-corrected chi connectivity index (χ2v) is 6.53. The molecular weight excluding hydrogens is 344 g/mol. The molecule has 0 aliphatic heterocycles. The lowest BCUT2D eigenvalue weighted by Crippen LogP contribution is -2.26. The standard InChI is InChI=1S/C18H25BrO3/c1-13(2)18(14(3)8-7-11-17(20)21-4)22-12-15-9-5-6-10-16(15)19/h5-10,13-14,18H,11-12H2,1-4H3/t14-,18-/m0/s1. The fraction of sp³-hybridized carbons (Fsp3) is 0.500. The number of carbonyl (C=O) groups is 1. The van der Waals surface area contributed by atoms with Gasteiger partial charge in [0.15, 0.2) is 0 Å². The van der Waals surface area contributed by atoms with E-state index in [0.29, 0.717) is 18.9 Å². The number of hydrogen-bond acceptors (Lipinski definition) is 3. The maximum atomic E-state index is 11.1. The molecule has 0 spiro atoms. The van der Waals surface area contributed by atoms with Crippen LogP contribution in [0.3, 0.4) is 0 Å². The molecule has 1 aromatic carbocycles. The minimum absolute atomic E-state index is 0.0982. The number of benzene rings is 1. The summed E-state index contributed by atoms with van der Waals surface area (Å²) < 4.78 is 11.8. The molecule has 0 aromatic heterocycles. The fourth-order valence-electron chi connectivity index (χ4n) is 2.32. The van der Waals surface area contributed by atoms with E-state index >= 15 is 0 Å². The topological polar surface area (TPSA) is 35.5 Å². The van der Waals surface area contributed by atoms with Crippen molar-refractivity contribution in [2.24, 2.45) is 11.8 Å².